The lowest BCUT2D eigenvalue weighted by Gasteiger charge is -2.12. The third kappa shape index (κ3) is 3.71. The summed E-state index contributed by atoms with van der Waals surface area (Å²) in [6, 6.07) is 25.1. The molecule has 0 bridgehead atoms. The summed E-state index contributed by atoms with van der Waals surface area (Å²) in [5.41, 5.74) is 3.43. The first-order valence-electron chi connectivity index (χ1n) is 8.50. The molecule has 6 heteroatoms. The van der Waals surface area contributed by atoms with E-state index in [1.807, 2.05) is 72.8 Å². The van der Waals surface area contributed by atoms with Gasteiger partial charge >= 0.3 is 0 Å². The van der Waals surface area contributed by atoms with Gasteiger partial charge in [0.2, 0.25) is 0 Å². The molecule has 5 nitrogen and oxygen atoms in total. The van der Waals surface area contributed by atoms with Crippen LogP contribution in [0, 0.1) is 0 Å². The molecule has 0 amide bonds. The lowest BCUT2D eigenvalue weighted by molar-refractivity contribution is 0.469. The van der Waals surface area contributed by atoms with Crippen molar-refractivity contribution in [3.63, 3.8) is 0 Å². The number of nitrogens with zero attached hydrogens (tertiary/aromatic N) is 3. The molecule has 4 aromatic rings. The highest BCUT2D eigenvalue weighted by molar-refractivity contribution is 9.10. The average Bonchev–Trinajstić information content (AvgIpc) is 3.12. The molecule has 1 aromatic heterocycles. The van der Waals surface area contributed by atoms with Crippen LogP contribution in [0.25, 0.3) is 16.9 Å². The smallest absolute Gasteiger partial charge is 0.158 e. The monoisotopic (exact) mass is 420 g/mol. The SMILES string of the molecule is Oc1ccccc1CNc1c(-c2ccccc2)nnn1-c1ccc(Br)cc1. The number of aromatic hydroxyl groups is 1. The Morgan fingerprint density at radius 3 is 2.33 bits per heavy atom. The number of benzene rings is 3. The van der Waals surface area contributed by atoms with Crippen molar-refractivity contribution in [3.05, 3.63) is 88.9 Å². The van der Waals surface area contributed by atoms with Gasteiger partial charge < -0.3 is 10.4 Å². The van der Waals surface area contributed by atoms with E-state index >= 15 is 0 Å². The Kier molecular flexibility index (Phi) is 4.89. The van der Waals surface area contributed by atoms with Crippen molar-refractivity contribution in [1.29, 1.82) is 0 Å². The zero-order chi connectivity index (χ0) is 18.6. The Hall–Kier alpha value is -3.12. The molecule has 3 aromatic carbocycles. The van der Waals surface area contributed by atoms with Gasteiger partial charge in [-0.2, -0.15) is 4.68 Å². The van der Waals surface area contributed by atoms with E-state index in [1.165, 1.54) is 0 Å². The maximum Gasteiger partial charge on any atom is 0.158 e. The summed E-state index contributed by atoms with van der Waals surface area (Å²) in [5.74, 6) is 1.03. The molecule has 1 heterocycles. The van der Waals surface area contributed by atoms with Gasteiger partial charge in [0.05, 0.1) is 5.69 Å². The van der Waals surface area contributed by atoms with Gasteiger partial charge in [0.25, 0.3) is 0 Å². The van der Waals surface area contributed by atoms with Crippen molar-refractivity contribution < 1.29 is 5.11 Å². The van der Waals surface area contributed by atoms with Crippen LogP contribution in [0.3, 0.4) is 0 Å². The lowest BCUT2D eigenvalue weighted by atomic mass is 10.1. The van der Waals surface area contributed by atoms with Gasteiger partial charge in [0.1, 0.15) is 11.4 Å². The van der Waals surface area contributed by atoms with Crippen molar-refractivity contribution in [2.75, 3.05) is 5.32 Å². The first-order valence-corrected chi connectivity index (χ1v) is 9.29. The van der Waals surface area contributed by atoms with Crippen LogP contribution in [0.4, 0.5) is 5.82 Å². The second-order valence-electron chi connectivity index (χ2n) is 6.02. The first-order chi connectivity index (χ1) is 13.2. The van der Waals surface area contributed by atoms with Crippen molar-refractivity contribution in [2.24, 2.45) is 0 Å². The minimum absolute atomic E-state index is 0.258. The Morgan fingerprint density at radius 2 is 1.59 bits per heavy atom. The quantitative estimate of drug-likeness (QED) is 0.475. The highest BCUT2D eigenvalue weighted by atomic mass is 79.9. The van der Waals surface area contributed by atoms with Crippen LogP contribution < -0.4 is 5.32 Å². The second kappa shape index (κ2) is 7.63. The maximum absolute atomic E-state index is 10.1. The number of para-hydroxylation sites is 1. The molecule has 0 saturated heterocycles. The summed E-state index contributed by atoms with van der Waals surface area (Å²) in [5, 5.41) is 22.2. The van der Waals surface area contributed by atoms with Crippen molar-refractivity contribution in [3.8, 4) is 22.7 Å². The van der Waals surface area contributed by atoms with Gasteiger partial charge in [0, 0.05) is 22.1 Å². The zero-order valence-electron chi connectivity index (χ0n) is 14.4. The summed E-state index contributed by atoms with van der Waals surface area (Å²) in [4.78, 5) is 0. The molecule has 0 atom stereocenters. The molecule has 27 heavy (non-hydrogen) atoms. The number of phenolic OH excluding ortho intramolecular Hbond substituents is 1. The van der Waals surface area contributed by atoms with Crippen molar-refractivity contribution in [2.45, 2.75) is 6.54 Å². The maximum atomic E-state index is 10.1. The minimum atomic E-state index is 0.258. The molecule has 0 saturated carbocycles. The van der Waals surface area contributed by atoms with E-state index < -0.39 is 0 Å². The molecular formula is C21H17BrN4O. The van der Waals surface area contributed by atoms with Gasteiger partial charge in [-0.25, -0.2) is 0 Å². The van der Waals surface area contributed by atoms with Crippen LogP contribution >= 0.6 is 15.9 Å². The Bertz CT molecular complexity index is 1050. The molecule has 0 unspecified atom stereocenters. The molecule has 0 aliphatic heterocycles. The minimum Gasteiger partial charge on any atom is -0.508 e. The molecule has 0 radical (unpaired) electrons. The van der Waals surface area contributed by atoms with Gasteiger partial charge in [-0.15, -0.1) is 5.10 Å². The third-order valence-electron chi connectivity index (χ3n) is 4.23. The van der Waals surface area contributed by atoms with Crippen LogP contribution in [-0.4, -0.2) is 20.1 Å². The lowest BCUT2D eigenvalue weighted by Crippen LogP contribution is -2.07. The number of anilines is 1. The van der Waals surface area contributed by atoms with E-state index in [4.69, 9.17) is 0 Å². The molecule has 0 aliphatic rings. The van der Waals surface area contributed by atoms with E-state index in [9.17, 15) is 5.11 Å². The number of hydrogen-bond donors (Lipinski definition) is 2. The average molecular weight is 421 g/mol. The largest absolute Gasteiger partial charge is 0.508 e. The summed E-state index contributed by atoms with van der Waals surface area (Å²) in [7, 11) is 0. The zero-order valence-corrected chi connectivity index (χ0v) is 16.0. The molecular weight excluding hydrogens is 404 g/mol. The third-order valence-corrected chi connectivity index (χ3v) is 4.76. The van der Waals surface area contributed by atoms with E-state index in [2.05, 4.69) is 31.6 Å². The van der Waals surface area contributed by atoms with Gasteiger partial charge in [-0.1, -0.05) is 69.7 Å². The van der Waals surface area contributed by atoms with E-state index in [0.29, 0.717) is 6.54 Å². The molecule has 0 spiro atoms. The fourth-order valence-electron chi connectivity index (χ4n) is 2.83. The van der Waals surface area contributed by atoms with Crippen LogP contribution in [0.2, 0.25) is 0 Å². The van der Waals surface area contributed by atoms with Crippen molar-refractivity contribution >= 4 is 21.7 Å². The summed E-state index contributed by atoms with van der Waals surface area (Å²) < 4.78 is 2.77. The van der Waals surface area contributed by atoms with E-state index in [-0.39, 0.29) is 5.75 Å². The number of halogens is 1. The highest BCUT2D eigenvalue weighted by Crippen LogP contribution is 2.29. The van der Waals surface area contributed by atoms with Gasteiger partial charge in [-0.05, 0) is 30.3 Å². The summed E-state index contributed by atoms with van der Waals surface area (Å²) in [6.45, 7) is 0.455. The van der Waals surface area contributed by atoms with Crippen molar-refractivity contribution in [1.82, 2.24) is 15.0 Å². The predicted molar refractivity (Wildman–Crippen MR) is 110 cm³/mol. The van der Waals surface area contributed by atoms with Crippen LogP contribution in [0.15, 0.2) is 83.3 Å². The van der Waals surface area contributed by atoms with E-state index in [1.54, 1.807) is 10.7 Å². The Balaban J connectivity index is 1.75. The molecule has 2 N–H and O–H groups in total. The summed E-state index contributed by atoms with van der Waals surface area (Å²) in [6.07, 6.45) is 0. The number of rotatable bonds is 5. The van der Waals surface area contributed by atoms with E-state index in [0.717, 1.165) is 32.8 Å². The fraction of sp³-hybridized carbons (Fsp3) is 0.0476. The molecule has 134 valence electrons. The predicted octanol–water partition coefficient (Wildman–Crippen LogP) is 5.01. The number of phenols is 1. The highest BCUT2D eigenvalue weighted by Gasteiger charge is 2.16. The number of aromatic nitrogens is 3. The van der Waals surface area contributed by atoms with Crippen LogP contribution in [0.5, 0.6) is 5.75 Å². The normalized spacial score (nSPS) is 10.7. The van der Waals surface area contributed by atoms with Crippen LogP contribution in [0.1, 0.15) is 5.56 Å². The summed E-state index contributed by atoms with van der Waals surface area (Å²) >= 11 is 3.46. The molecule has 0 aliphatic carbocycles. The fourth-order valence-corrected chi connectivity index (χ4v) is 3.10. The van der Waals surface area contributed by atoms with Gasteiger partial charge in [0.15, 0.2) is 5.82 Å². The number of hydrogen-bond acceptors (Lipinski definition) is 4. The number of nitrogens with one attached hydrogen (secondary N) is 1. The second-order valence-corrected chi connectivity index (χ2v) is 6.94. The first kappa shape index (κ1) is 17.3. The topological polar surface area (TPSA) is 63.0 Å². The molecule has 4 rings (SSSR count). The van der Waals surface area contributed by atoms with Gasteiger partial charge in [-0.3, -0.25) is 0 Å². The molecule has 0 fully saturated rings. The standard InChI is InChI=1S/C21H17BrN4O/c22-17-10-12-18(13-11-17)26-21(23-14-16-8-4-5-9-19(16)27)20(24-25-26)15-6-2-1-3-7-15/h1-13,23,27H,14H2. The Morgan fingerprint density at radius 1 is 0.889 bits per heavy atom. The van der Waals surface area contributed by atoms with Crippen LogP contribution in [-0.2, 0) is 6.54 Å². The Labute approximate surface area is 165 Å².